The summed E-state index contributed by atoms with van der Waals surface area (Å²) < 4.78 is 24.5. The molecule has 0 aliphatic rings. The molecule has 1 N–H and O–H groups in total. The number of furan rings is 1. The van der Waals surface area contributed by atoms with Gasteiger partial charge in [-0.2, -0.15) is 0 Å². The first kappa shape index (κ1) is 20.3. The molecule has 5 aromatic rings. The fourth-order valence-corrected chi connectivity index (χ4v) is 3.59. The average molecular weight is 467 g/mol. The van der Waals surface area contributed by atoms with Crippen LogP contribution in [-0.4, -0.2) is 10.9 Å². The molecule has 0 bridgehead atoms. The molecule has 32 heavy (non-hydrogen) atoms. The van der Waals surface area contributed by atoms with Crippen molar-refractivity contribution in [3.05, 3.63) is 94.4 Å². The van der Waals surface area contributed by atoms with Crippen molar-refractivity contribution in [2.75, 3.05) is 5.32 Å². The van der Waals surface area contributed by atoms with Gasteiger partial charge < -0.3 is 14.2 Å². The lowest BCUT2D eigenvalue weighted by Gasteiger charge is -2.03. The number of nitrogens with one attached hydrogen (secondary N) is 1. The lowest BCUT2D eigenvalue weighted by atomic mass is 10.2. The van der Waals surface area contributed by atoms with Crippen molar-refractivity contribution in [1.29, 1.82) is 0 Å². The number of anilines is 1. The third-order valence-corrected chi connectivity index (χ3v) is 5.32. The number of amides is 1. The SMILES string of the molecule is O=C(Nc1ccc2oc(-c3ccc(F)cc3)nc2c1)c1ccc(-c2cc(Cl)ccc2Cl)o1. The van der Waals surface area contributed by atoms with Gasteiger partial charge in [0.05, 0.1) is 5.02 Å². The van der Waals surface area contributed by atoms with E-state index < -0.39 is 5.91 Å². The van der Waals surface area contributed by atoms with Gasteiger partial charge in [-0.3, -0.25) is 4.79 Å². The number of aromatic nitrogens is 1. The molecule has 2 aromatic heterocycles. The number of benzene rings is 3. The lowest BCUT2D eigenvalue weighted by molar-refractivity contribution is 0.0997. The van der Waals surface area contributed by atoms with Crippen LogP contribution in [0.5, 0.6) is 0 Å². The number of hydrogen-bond donors (Lipinski definition) is 1. The van der Waals surface area contributed by atoms with Gasteiger partial charge in [-0.05, 0) is 72.8 Å². The predicted molar refractivity (Wildman–Crippen MR) is 122 cm³/mol. The van der Waals surface area contributed by atoms with Gasteiger partial charge >= 0.3 is 0 Å². The molecule has 0 fully saturated rings. The highest BCUT2D eigenvalue weighted by molar-refractivity contribution is 6.35. The zero-order valence-corrected chi connectivity index (χ0v) is 17.7. The molecule has 0 radical (unpaired) electrons. The Morgan fingerprint density at radius 3 is 2.53 bits per heavy atom. The molecule has 0 unspecified atom stereocenters. The van der Waals surface area contributed by atoms with Crippen LogP contribution in [0.15, 0.2) is 81.6 Å². The normalized spacial score (nSPS) is 11.1. The maximum absolute atomic E-state index is 13.1. The fourth-order valence-electron chi connectivity index (χ4n) is 3.20. The minimum Gasteiger partial charge on any atom is -0.451 e. The maximum Gasteiger partial charge on any atom is 0.291 e. The smallest absolute Gasteiger partial charge is 0.291 e. The van der Waals surface area contributed by atoms with Gasteiger partial charge in [0.1, 0.15) is 17.1 Å². The van der Waals surface area contributed by atoms with Crippen LogP contribution in [0.25, 0.3) is 33.9 Å². The Morgan fingerprint density at radius 1 is 0.906 bits per heavy atom. The Balaban J connectivity index is 1.37. The van der Waals surface area contributed by atoms with Crippen molar-refractivity contribution >= 4 is 45.9 Å². The van der Waals surface area contributed by atoms with Gasteiger partial charge in [-0.1, -0.05) is 23.2 Å². The van der Waals surface area contributed by atoms with E-state index in [0.717, 1.165) is 0 Å². The van der Waals surface area contributed by atoms with Crippen molar-refractivity contribution in [2.24, 2.45) is 0 Å². The second kappa shape index (κ2) is 8.15. The van der Waals surface area contributed by atoms with E-state index in [0.29, 0.717) is 49.6 Å². The second-order valence-electron chi connectivity index (χ2n) is 6.95. The standard InChI is InChI=1S/C24H13Cl2FN2O3/c25-14-3-7-18(26)17(11-14)20-9-10-22(31-20)23(30)28-16-6-8-21-19(12-16)29-24(32-21)13-1-4-15(27)5-2-13/h1-12H,(H,28,30). The largest absolute Gasteiger partial charge is 0.451 e. The van der Waals surface area contributed by atoms with E-state index in [9.17, 15) is 9.18 Å². The Bertz CT molecular complexity index is 1460. The third-order valence-electron chi connectivity index (χ3n) is 4.76. The van der Waals surface area contributed by atoms with Crippen LogP contribution in [0.3, 0.4) is 0 Å². The minimum absolute atomic E-state index is 0.114. The predicted octanol–water partition coefficient (Wildman–Crippen LogP) is 7.45. The lowest BCUT2D eigenvalue weighted by Crippen LogP contribution is -2.10. The molecule has 158 valence electrons. The first-order valence-electron chi connectivity index (χ1n) is 9.49. The zero-order valence-electron chi connectivity index (χ0n) is 16.2. The van der Waals surface area contributed by atoms with Crippen molar-refractivity contribution in [1.82, 2.24) is 4.98 Å². The summed E-state index contributed by atoms with van der Waals surface area (Å²) in [5.74, 6) is 0.129. The zero-order chi connectivity index (χ0) is 22.2. The highest BCUT2D eigenvalue weighted by atomic mass is 35.5. The summed E-state index contributed by atoms with van der Waals surface area (Å²) >= 11 is 12.2. The number of carbonyl (C=O) groups excluding carboxylic acids is 1. The van der Waals surface area contributed by atoms with Gasteiger partial charge in [0.2, 0.25) is 5.89 Å². The monoisotopic (exact) mass is 466 g/mol. The van der Waals surface area contributed by atoms with Crippen molar-refractivity contribution in [3.63, 3.8) is 0 Å². The number of hydrogen-bond acceptors (Lipinski definition) is 4. The van der Waals surface area contributed by atoms with Crippen LogP contribution < -0.4 is 5.32 Å². The summed E-state index contributed by atoms with van der Waals surface area (Å²) in [6, 6.07) is 19.1. The molecule has 0 saturated carbocycles. The minimum atomic E-state index is -0.434. The van der Waals surface area contributed by atoms with Crippen LogP contribution in [-0.2, 0) is 0 Å². The average Bonchev–Trinajstić information content (AvgIpc) is 3.43. The van der Waals surface area contributed by atoms with E-state index in [4.69, 9.17) is 32.0 Å². The Labute approximate surface area is 191 Å². The van der Waals surface area contributed by atoms with Crippen molar-refractivity contribution in [3.8, 4) is 22.8 Å². The van der Waals surface area contributed by atoms with Crippen LogP contribution in [0.4, 0.5) is 10.1 Å². The van der Waals surface area contributed by atoms with Crippen molar-refractivity contribution in [2.45, 2.75) is 0 Å². The van der Waals surface area contributed by atoms with E-state index in [1.165, 1.54) is 12.1 Å². The number of fused-ring (bicyclic) bond motifs is 1. The van der Waals surface area contributed by atoms with E-state index in [1.54, 1.807) is 60.7 Å². The number of oxazole rings is 1. The first-order chi connectivity index (χ1) is 15.5. The molecule has 2 heterocycles. The molecular weight excluding hydrogens is 454 g/mol. The molecule has 0 aliphatic heterocycles. The number of carbonyl (C=O) groups is 1. The molecule has 0 saturated heterocycles. The summed E-state index contributed by atoms with van der Waals surface area (Å²) in [6.07, 6.45) is 0. The van der Waals surface area contributed by atoms with Crippen LogP contribution in [0.1, 0.15) is 10.6 Å². The van der Waals surface area contributed by atoms with E-state index in [1.807, 2.05) is 0 Å². The molecule has 0 spiro atoms. The second-order valence-corrected chi connectivity index (χ2v) is 7.79. The van der Waals surface area contributed by atoms with Gasteiger partial charge in [0.25, 0.3) is 5.91 Å². The summed E-state index contributed by atoms with van der Waals surface area (Å²) in [4.78, 5) is 17.1. The molecule has 3 aromatic carbocycles. The van der Waals surface area contributed by atoms with E-state index >= 15 is 0 Å². The van der Waals surface area contributed by atoms with Gasteiger partial charge in [0.15, 0.2) is 11.3 Å². The van der Waals surface area contributed by atoms with Crippen molar-refractivity contribution < 1.29 is 18.0 Å². The Hall–Kier alpha value is -3.61. The van der Waals surface area contributed by atoms with E-state index in [-0.39, 0.29) is 11.6 Å². The topological polar surface area (TPSA) is 68.3 Å². The quantitative estimate of drug-likeness (QED) is 0.298. The fraction of sp³-hybridized carbons (Fsp3) is 0. The van der Waals surface area contributed by atoms with Gasteiger partial charge in [0, 0.05) is 21.8 Å². The highest BCUT2D eigenvalue weighted by Crippen LogP contribution is 2.32. The van der Waals surface area contributed by atoms with Gasteiger partial charge in [-0.15, -0.1) is 0 Å². The summed E-state index contributed by atoms with van der Waals surface area (Å²) in [5, 5.41) is 3.74. The molecule has 8 heteroatoms. The number of halogens is 3. The third kappa shape index (κ3) is 3.98. The highest BCUT2D eigenvalue weighted by Gasteiger charge is 2.16. The molecular formula is C24H13Cl2FN2O3. The molecule has 5 rings (SSSR count). The van der Waals surface area contributed by atoms with Crippen LogP contribution in [0, 0.1) is 5.82 Å². The molecule has 0 atom stereocenters. The number of rotatable bonds is 4. The van der Waals surface area contributed by atoms with E-state index in [2.05, 4.69) is 10.3 Å². The number of nitrogens with zero attached hydrogens (tertiary/aromatic N) is 1. The summed E-state index contributed by atoms with van der Waals surface area (Å²) in [6.45, 7) is 0. The molecule has 5 nitrogen and oxygen atoms in total. The van der Waals surface area contributed by atoms with Crippen LogP contribution >= 0.6 is 23.2 Å². The van der Waals surface area contributed by atoms with Crippen LogP contribution in [0.2, 0.25) is 10.0 Å². The summed E-state index contributed by atoms with van der Waals surface area (Å²) in [5.41, 5.74) is 2.85. The molecule has 1 amide bonds. The Kier molecular flexibility index (Phi) is 5.17. The Morgan fingerprint density at radius 2 is 1.72 bits per heavy atom. The first-order valence-corrected chi connectivity index (χ1v) is 10.2. The molecule has 0 aliphatic carbocycles. The van der Waals surface area contributed by atoms with Gasteiger partial charge in [-0.25, -0.2) is 9.37 Å². The maximum atomic E-state index is 13.1. The summed E-state index contributed by atoms with van der Waals surface area (Å²) in [7, 11) is 0.